The summed E-state index contributed by atoms with van der Waals surface area (Å²) < 4.78 is 6.84. The molecule has 0 radical (unpaired) electrons. The van der Waals surface area contributed by atoms with Gasteiger partial charge in [-0.15, -0.1) is 0 Å². The van der Waals surface area contributed by atoms with Crippen LogP contribution in [0.4, 0.5) is 0 Å². The Hall–Kier alpha value is -1.52. The fourth-order valence-electron chi connectivity index (χ4n) is 1.96. The smallest absolute Gasteiger partial charge is 0.258 e. The Morgan fingerprint density at radius 2 is 2.12 bits per heavy atom. The number of hydrogen-bond donors (Lipinski definition) is 1. The lowest BCUT2D eigenvalue weighted by Crippen LogP contribution is -2.23. The summed E-state index contributed by atoms with van der Waals surface area (Å²) in [5, 5.41) is 1.80. The van der Waals surface area contributed by atoms with Crippen LogP contribution in [0.15, 0.2) is 23.0 Å². The normalized spacial score (nSPS) is 10.8. The Balaban J connectivity index is 3.01. The van der Waals surface area contributed by atoms with Gasteiger partial charge in [-0.25, -0.2) is 0 Å². The number of halogens is 1. The second kappa shape index (κ2) is 4.39. The zero-order valence-corrected chi connectivity index (χ0v) is 10.4. The molecule has 2 rings (SSSR count). The van der Waals surface area contributed by atoms with E-state index in [1.165, 1.54) is 4.57 Å². The number of hydrogen-bond acceptors (Lipinski definition) is 3. The zero-order chi connectivity index (χ0) is 12.6. The first-order valence-corrected chi connectivity index (χ1v) is 5.53. The molecule has 0 atom stereocenters. The largest absolute Gasteiger partial charge is 0.494 e. The van der Waals surface area contributed by atoms with E-state index in [0.717, 1.165) is 5.39 Å². The Labute approximate surface area is 104 Å². The van der Waals surface area contributed by atoms with Crippen molar-refractivity contribution in [3.05, 3.63) is 39.3 Å². The quantitative estimate of drug-likeness (QED) is 0.884. The molecule has 1 aromatic carbocycles. The molecule has 2 N–H and O–H groups in total. The van der Waals surface area contributed by atoms with E-state index in [-0.39, 0.29) is 12.1 Å². The van der Waals surface area contributed by atoms with Gasteiger partial charge in [0.1, 0.15) is 5.75 Å². The molecule has 0 saturated carbocycles. The highest BCUT2D eigenvalue weighted by molar-refractivity contribution is 6.31. The highest BCUT2D eigenvalue weighted by atomic mass is 35.5. The van der Waals surface area contributed by atoms with Gasteiger partial charge in [-0.05, 0) is 18.2 Å². The summed E-state index contributed by atoms with van der Waals surface area (Å²) in [5.74, 6) is 0.626. The summed E-state index contributed by atoms with van der Waals surface area (Å²) in [6.45, 7) is 0.244. The number of nitrogens with two attached hydrogens (primary N) is 1. The Kier molecular flexibility index (Phi) is 3.09. The molecule has 17 heavy (non-hydrogen) atoms. The van der Waals surface area contributed by atoms with Crippen molar-refractivity contribution in [2.75, 3.05) is 7.11 Å². The third-order valence-corrected chi connectivity index (χ3v) is 3.06. The van der Waals surface area contributed by atoms with Crippen LogP contribution < -0.4 is 16.0 Å². The molecule has 0 aliphatic carbocycles. The number of rotatable bonds is 2. The van der Waals surface area contributed by atoms with E-state index in [4.69, 9.17) is 22.1 Å². The molecule has 0 saturated heterocycles. The second-order valence-corrected chi connectivity index (χ2v) is 4.17. The van der Waals surface area contributed by atoms with Gasteiger partial charge in [0.2, 0.25) is 0 Å². The fourth-order valence-corrected chi connectivity index (χ4v) is 2.13. The van der Waals surface area contributed by atoms with Crippen LogP contribution in [0.5, 0.6) is 5.75 Å². The lowest BCUT2D eigenvalue weighted by Gasteiger charge is -2.14. The fraction of sp³-hybridized carbons (Fsp3) is 0.250. The molecular weight excluding hydrogens is 240 g/mol. The number of methoxy groups -OCH3 is 1. The van der Waals surface area contributed by atoms with Gasteiger partial charge in [0.15, 0.2) is 0 Å². The number of aromatic nitrogens is 1. The Morgan fingerprint density at radius 3 is 2.71 bits per heavy atom. The third kappa shape index (κ3) is 1.79. The monoisotopic (exact) mass is 252 g/mol. The lowest BCUT2D eigenvalue weighted by atomic mass is 10.1. The highest BCUT2D eigenvalue weighted by Gasteiger charge is 2.14. The topological polar surface area (TPSA) is 57.2 Å². The second-order valence-electron chi connectivity index (χ2n) is 3.74. The summed E-state index contributed by atoms with van der Waals surface area (Å²) in [6, 6.07) is 5.14. The molecule has 0 aliphatic rings. The molecule has 0 unspecified atom stereocenters. The van der Waals surface area contributed by atoms with Crippen LogP contribution in [-0.4, -0.2) is 11.7 Å². The average molecular weight is 253 g/mol. The van der Waals surface area contributed by atoms with Crippen LogP contribution in [0.3, 0.4) is 0 Å². The van der Waals surface area contributed by atoms with E-state index in [1.807, 2.05) is 0 Å². The van der Waals surface area contributed by atoms with Gasteiger partial charge >= 0.3 is 0 Å². The maximum Gasteiger partial charge on any atom is 0.258 e. The molecule has 90 valence electrons. The van der Waals surface area contributed by atoms with E-state index in [1.54, 1.807) is 32.4 Å². The molecule has 5 heteroatoms. The molecule has 0 fully saturated rings. The summed E-state index contributed by atoms with van der Waals surface area (Å²) in [7, 11) is 3.24. The van der Waals surface area contributed by atoms with Crippen molar-refractivity contribution in [3.63, 3.8) is 0 Å². The minimum Gasteiger partial charge on any atom is -0.494 e. The minimum atomic E-state index is -0.122. The van der Waals surface area contributed by atoms with Crippen LogP contribution in [0, 0.1) is 0 Å². The van der Waals surface area contributed by atoms with Gasteiger partial charge in [-0.3, -0.25) is 4.79 Å². The molecule has 0 aliphatic heterocycles. The highest BCUT2D eigenvalue weighted by Crippen LogP contribution is 2.28. The van der Waals surface area contributed by atoms with E-state index >= 15 is 0 Å². The van der Waals surface area contributed by atoms with Crippen molar-refractivity contribution >= 4 is 22.4 Å². The number of nitrogens with zero attached hydrogens (tertiary/aromatic N) is 1. The first-order valence-electron chi connectivity index (χ1n) is 5.15. The van der Waals surface area contributed by atoms with Crippen molar-refractivity contribution in [2.45, 2.75) is 6.54 Å². The van der Waals surface area contributed by atoms with Crippen molar-refractivity contribution in [3.8, 4) is 5.75 Å². The van der Waals surface area contributed by atoms with Crippen molar-refractivity contribution < 1.29 is 4.74 Å². The van der Waals surface area contributed by atoms with Crippen molar-refractivity contribution in [1.29, 1.82) is 0 Å². The number of ether oxygens (including phenoxy) is 1. The third-order valence-electron chi connectivity index (χ3n) is 2.83. The first-order chi connectivity index (χ1) is 8.10. The summed E-state index contributed by atoms with van der Waals surface area (Å²) in [6.07, 6.45) is 0. The molecule has 0 spiro atoms. The SMILES string of the molecule is COc1c(CN)n(C)c(=O)c2cc(Cl)ccc12. The minimum absolute atomic E-state index is 0.122. The molecular formula is C12H13ClN2O2. The van der Waals surface area contributed by atoms with Crippen molar-refractivity contribution in [2.24, 2.45) is 12.8 Å². The van der Waals surface area contributed by atoms with Gasteiger partial charge in [0.25, 0.3) is 5.56 Å². The standard InChI is InChI=1S/C12H13ClN2O2/c1-15-10(6-14)11(17-2)8-4-3-7(13)5-9(8)12(15)16/h3-5H,6,14H2,1-2H3. The van der Waals surface area contributed by atoms with Crippen LogP contribution >= 0.6 is 11.6 Å². The Morgan fingerprint density at radius 1 is 1.41 bits per heavy atom. The van der Waals surface area contributed by atoms with Gasteiger partial charge in [-0.1, -0.05) is 11.6 Å². The zero-order valence-electron chi connectivity index (χ0n) is 9.66. The Bertz CT molecular complexity index is 634. The van der Waals surface area contributed by atoms with E-state index < -0.39 is 0 Å². The van der Waals surface area contributed by atoms with Crippen LogP contribution in [-0.2, 0) is 13.6 Å². The van der Waals surface area contributed by atoms with E-state index in [2.05, 4.69) is 0 Å². The number of benzene rings is 1. The summed E-state index contributed by atoms with van der Waals surface area (Å²) in [4.78, 5) is 12.1. The molecule has 2 aromatic rings. The lowest BCUT2D eigenvalue weighted by molar-refractivity contribution is 0.408. The number of pyridine rings is 1. The van der Waals surface area contributed by atoms with E-state index in [0.29, 0.717) is 21.9 Å². The molecule has 0 amide bonds. The van der Waals surface area contributed by atoms with Gasteiger partial charge in [0.05, 0.1) is 18.2 Å². The molecule has 4 nitrogen and oxygen atoms in total. The number of fused-ring (bicyclic) bond motifs is 1. The molecule has 1 aromatic heterocycles. The van der Waals surface area contributed by atoms with Crippen LogP contribution in [0.1, 0.15) is 5.69 Å². The predicted octanol–water partition coefficient (Wildman–Crippen LogP) is 1.66. The van der Waals surface area contributed by atoms with Gasteiger partial charge in [0, 0.05) is 24.0 Å². The summed E-state index contributed by atoms with van der Waals surface area (Å²) >= 11 is 5.90. The van der Waals surface area contributed by atoms with Gasteiger partial charge in [-0.2, -0.15) is 0 Å². The first kappa shape index (κ1) is 12.0. The van der Waals surface area contributed by atoms with E-state index in [9.17, 15) is 4.79 Å². The maximum atomic E-state index is 12.1. The average Bonchev–Trinajstić information content (AvgIpc) is 2.33. The van der Waals surface area contributed by atoms with Crippen LogP contribution in [0.25, 0.3) is 10.8 Å². The molecule has 1 heterocycles. The maximum absolute atomic E-state index is 12.1. The van der Waals surface area contributed by atoms with Gasteiger partial charge < -0.3 is 15.0 Å². The summed E-state index contributed by atoms with van der Waals surface area (Å²) in [5.41, 5.74) is 6.20. The predicted molar refractivity (Wildman–Crippen MR) is 68.6 cm³/mol. The van der Waals surface area contributed by atoms with Crippen LogP contribution in [0.2, 0.25) is 5.02 Å². The molecule has 0 bridgehead atoms. The van der Waals surface area contributed by atoms with Crippen molar-refractivity contribution in [1.82, 2.24) is 4.57 Å².